The van der Waals surface area contributed by atoms with E-state index in [4.69, 9.17) is 25.4 Å². The van der Waals surface area contributed by atoms with Gasteiger partial charge in [-0.1, -0.05) is 23.7 Å². The number of rotatable bonds is 7. The molecule has 0 fully saturated rings. The van der Waals surface area contributed by atoms with Crippen LogP contribution in [0.2, 0.25) is 0 Å². The van der Waals surface area contributed by atoms with Crippen LogP contribution in [-0.2, 0) is 13.6 Å². The van der Waals surface area contributed by atoms with E-state index in [0.717, 1.165) is 11.3 Å². The minimum Gasteiger partial charge on any atom is -0.497 e. The van der Waals surface area contributed by atoms with Gasteiger partial charge in [0.05, 0.1) is 20.3 Å². The second-order valence-electron chi connectivity index (χ2n) is 3.57. The molecular weight excluding hydrogens is 287 g/mol. The Morgan fingerprint density at radius 3 is 2.16 bits per heavy atom. The van der Waals surface area contributed by atoms with Gasteiger partial charge in [0, 0.05) is 0 Å². The van der Waals surface area contributed by atoms with Gasteiger partial charge in [0.1, 0.15) is 10.5 Å². The van der Waals surface area contributed by atoms with Crippen LogP contribution in [0.15, 0.2) is 29.0 Å². The van der Waals surface area contributed by atoms with Crippen LogP contribution in [0.4, 0.5) is 0 Å². The lowest BCUT2D eigenvalue weighted by Gasteiger charge is -2.15. The van der Waals surface area contributed by atoms with Gasteiger partial charge in [0.25, 0.3) is 0 Å². The Labute approximate surface area is 118 Å². The minimum atomic E-state index is -3.40. The second kappa shape index (κ2) is 7.71. The van der Waals surface area contributed by atoms with Crippen molar-refractivity contribution in [3.8, 4) is 5.75 Å². The van der Waals surface area contributed by atoms with Gasteiger partial charge in [0.15, 0.2) is 0 Å². The van der Waals surface area contributed by atoms with Crippen LogP contribution in [0.25, 0.3) is 6.08 Å². The van der Waals surface area contributed by atoms with Crippen molar-refractivity contribution in [2.45, 2.75) is 13.8 Å². The third kappa shape index (κ3) is 4.66. The molecule has 0 unspecified atom stereocenters. The van der Waals surface area contributed by atoms with Gasteiger partial charge in [0.2, 0.25) is 0 Å². The smallest absolute Gasteiger partial charge is 0.372 e. The Morgan fingerprint density at radius 2 is 1.74 bits per heavy atom. The Bertz CT molecular complexity index is 460. The maximum Gasteiger partial charge on any atom is 0.372 e. The van der Waals surface area contributed by atoms with Crippen LogP contribution in [0.3, 0.4) is 0 Å². The summed E-state index contributed by atoms with van der Waals surface area (Å²) in [4.78, 5) is 0. The van der Waals surface area contributed by atoms with Crippen molar-refractivity contribution in [1.82, 2.24) is 0 Å². The van der Waals surface area contributed by atoms with Gasteiger partial charge < -0.3 is 13.8 Å². The van der Waals surface area contributed by atoms with Crippen molar-refractivity contribution >= 4 is 25.3 Å². The average Bonchev–Trinajstić information content (AvgIpc) is 2.40. The molecule has 0 aromatic heterocycles. The van der Waals surface area contributed by atoms with E-state index in [1.165, 1.54) is 0 Å². The highest BCUT2D eigenvalue weighted by Crippen LogP contribution is 2.58. The fourth-order valence-corrected chi connectivity index (χ4v) is 3.14. The molecule has 0 saturated carbocycles. The van der Waals surface area contributed by atoms with Gasteiger partial charge in [-0.2, -0.15) is 0 Å². The van der Waals surface area contributed by atoms with Crippen molar-refractivity contribution in [2.24, 2.45) is 0 Å². The molecule has 0 bridgehead atoms. The molecule has 0 heterocycles. The van der Waals surface area contributed by atoms with E-state index < -0.39 is 7.60 Å². The minimum absolute atomic E-state index is 0.0707. The highest BCUT2D eigenvalue weighted by atomic mass is 35.5. The summed E-state index contributed by atoms with van der Waals surface area (Å²) in [5, 5.41) is 0. The van der Waals surface area contributed by atoms with E-state index in [1.807, 2.05) is 12.1 Å². The largest absolute Gasteiger partial charge is 0.497 e. The monoisotopic (exact) mass is 304 g/mol. The molecule has 19 heavy (non-hydrogen) atoms. The first-order valence-corrected chi connectivity index (χ1v) is 7.88. The fourth-order valence-electron chi connectivity index (χ4n) is 1.42. The van der Waals surface area contributed by atoms with Crippen LogP contribution < -0.4 is 4.74 Å². The fraction of sp³-hybridized carbons (Fsp3) is 0.385. The maximum atomic E-state index is 12.4. The lowest BCUT2D eigenvalue weighted by molar-refractivity contribution is 0.228. The quantitative estimate of drug-likeness (QED) is 0.696. The first-order valence-electron chi connectivity index (χ1n) is 5.96. The molecule has 0 saturated heterocycles. The number of hydrogen-bond acceptors (Lipinski definition) is 4. The van der Waals surface area contributed by atoms with Gasteiger partial charge in [-0.25, -0.2) is 0 Å². The van der Waals surface area contributed by atoms with Gasteiger partial charge >= 0.3 is 7.60 Å². The number of methoxy groups -OCH3 is 1. The maximum absolute atomic E-state index is 12.4. The summed E-state index contributed by atoms with van der Waals surface area (Å²) in [6, 6.07) is 7.21. The first kappa shape index (κ1) is 16.3. The van der Waals surface area contributed by atoms with E-state index in [9.17, 15) is 4.57 Å². The van der Waals surface area contributed by atoms with Crippen LogP contribution in [-0.4, -0.2) is 20.3 Å². The van der Waals surface area contributed by atoms with Gasteiger partial charge in [-0.05, 0) is 37.6 Å². The molecule has 0 N–H and O–H groups in total. The van der Waals surface area contributed by atoms with Crippen LogP contribution in [0, 0.1) is 0 Å². The van der Waals surface area contributed by atoms with Crippen molar-refractivity contribution < 1.29 is 18.3 Å². The molecule has 106 valence electrons. The van der Waals surface area contributed by atoms with Crippen molar-refractivity contribution in [2.75, 3.05) is 20.3 Å². The SMILES string of the molecule is CCOP(=O)(OCC)/C(Cl)=C\c1ccc(OC)cc1. The molecule has 0 spiro atoms. The molecule has 0 radical (unpaired) electrons. The van der Waals surface area contributed by atoms with Crippen molar-refractivity contribution in [3.63, 3.8) is 0 Å². The Balaban J connectivity index is 2.97. The Hall–Kier alpha value is -0.800. The first-order chi connectivity index (χ1) is 9.05. The lowest BCUT2D eigenvalue weighted by atomic mass is 10.2. The third-order valence-electron chi connectivity index (χ3n) is 2.26. The van der Waals surface area contributed by atoms with E-state index in [0.29, 0.717) is 0 Å². The van der Waals surface area contributed by atoms with Crippen LogP contribution in [0.5, 0.6) is 5.75 Å². The third-order valence-corrected chi connectivity index (χ3v) is 4.84. The topological polar surface area (TPSA) is 44.8 Å². The summed E-state index contributed by atoms with van der Waals surface area (Å²) in [6.07, 6.45) is 1.58. The van der Waals surface area contributed by atoms with E-state index >= 15 is 0 Å². The summed E-state index contributed by atoms with van der Waals surface area (Å²) >= 11 is 6.07. The lowest BCUT2D eigenvalue weighted by Crippen LogP contribution is -1.95. The van der Waals surface area contributed by atoms with Gasteiger partial charge in [-0.15, -0.1) is 0 Å². The molecule has 1 aromatic carbocycles. The molecule has 0 aliphatic carbocycles. The molecular formula is C13H18ClO4P. The second-order valence-corrected chi connectivity index (χ2v) is 6.24. The summed E-state index contributed by atoms with van der Waals surface area (Å²) in [5.74, 6) is 0.742. The Morgan fingerprint density at radius 1 is 1.21 bits per heavy atom. The molecule has 0 aliphatic heterocycles. The number of benzene rings is 1. The van der Waals surface area contributed by atoms with Crippen molar-refractivity contribution in [1.29, 1.82) is 0 Å². The molecule has 1 aromatic rings. The number of halogens is 1. The van der Waals surface area contributed by atoms with E-state index in [1.54, 1.807) is 39.2 Å². The molecule has 0 aliphatic rings. The Kier molecular flexibility index (Phi) is 6.59. The molecule has 6 heteroatoms. The number of ether oxygens (including phenoxy) is 1. The summed E-state index contributed by atoms with van der Waals surface area (Å²) in [7, 11) is -1.81. The van der Waals surface area contributed by atoms with Crippen LogP contribution >= 0.6 is 19.2 Å². The summed E-state index contributed by atoms with van der Waals surface area (Å²) in [6.45, 7) is 4.01. The zero-order valence-electron chi connectivity index (χ0n) is 11.3. The zero-order valence-corrected chi connectivity index (χ0v) is 12.9. The summed E-state index contributed by atoms with van der Waals surface area (Å²) in [5.41, 5.74) is 0.797. The normalized spacial score (nSPS) is 12.5. The van der Waals surface area contributed by atoms with Crippen LogP contribution in [0.1, 0.15) is 19.4 Å². The van der Waals surface area contributed by atoms with Crippen molar-refractivity contribution in [3.05, 3.63) is 34.6 Å². The molecule has 0 amide bonds. The molecule has 0 atom stereocenters. The average molecular weight is 305 g/mol. The highest BCUT2D eigenvalue weighted by Gasteiger charge is 2.28. The predicted octanol–water partition coefficient (Wildman–Crippen LogP) is 4.50. The standard InChI is InChI=1S/C13H18ClO4P/c1-4-17-19(15,18-5-2)13(14)10-11-6-8-12(16-3)9-7-11/h6-10H,4-5H2,1-3H3/b13-10-. The number of hydrogen-bond donors (Lipinski definition) is 0. The highest BCUT2D eigenvalue weighted by molar-refractivity contribution is 7.61. The molecule has 1 rings (SSSR count). The van der Waals surface area contributed by atoms with E-state index in [2.05, 4.69) is 0 Å². The zero-order chi connectivity index (χ0) is 14.3. The van der Waals surface area contributed by atoms with E-state index in [-0.39, 0.29) is 18.0 Å². The summed E-state index contributed by atoms with van der Waals surface area (Å²) < 4.78 is 27.8. The predicted molar refractivity (Wildman–Crippen MR) is 77.7 cm³/mol. The van der Waals surface area contributed by atoms with Gasteiger partial charge in [-0.3, -0.25) is 4.57 Å². The molecule has 4 nitrogen and oxygen atoms in total.